The maximum Gasteiger partial charge on any atom is 0.195 e. The van der Waals surface area contributed by atoms with Crippen molar-refractivity contribution >= 4 is 39.3 Å². The van der Waals surface area contributed by atoms with Crippen molar-refractivity contribution in [1.82, 2.24) is 4.57 Å². The van der Waals surface area contributed by atoms with E-state index in [1.165, 1.54) is 9.13 Å². The van der Waals surface area contributed by atoms with E-state index in [-0.39, 0.29) is 5.78 Å². The Hall–Kier alpha value is -2.40. The Bertz CT molecular complexity index is 1170. The SMILES string of the molecule is Cc1ccc(C(=O)c2c(C)n(Cc3ccc(I)cc3)c3ccc(C)cc23)cc1. The summed E-state index contributed by atoms with van der Waals surface area (Å²) in [5.41, 5.74) is 7.23. The van der Waals surface area contributed by atoms with Crippen molar-refractivity contribution in [3.8, 4) is 0 Å². The van der Waals surface area contributed by atoms with Crippen LogP contribution in [0.1, 0.15) is 38.3 Å². The van der Waals surface area contributed by atoms with Crippen molar-refractivity contribution in [2.24, 2.45) is 0 Å². The molecule has 0 aliphatic heterocycles. The highest BCUT2D eigenvalue weighted by molar-refractivity contribution is 14.1. The molecule has 0 amide bonds. The van der Waals surface area contributed by atoms with Crippen LogP contribution in [0.3, 0.4) is 0 Å². The highest BCUT2D eigenvalue weighted by Crippen LogP contribution is 2.30. The Kier molecular flexibility index (Phi) is 5.11. The van der Waals surface area contributed by atoms with Crippen LogP contribution < -0.4 is 0 Å². The second-order valence-electron chi connectivity index (χ2n) is 7.39. The Morgan fingerprint density at radius 3 is 2.18 bits per heavy atom. The molecule has 0 saturated carbocycles. The van der Waals surface area contributed by atoms with Crippen molar-refractivity contribution in [2.75, 3.05) is 0 Å². The molecule has 0 saturated heterocycles. The molecule has 2 nitrogen and oxygen atoms in total. The van der Waals surface area contributed by atoms with Crippen molar-refractivity contribution in [3.63, 3.8) is 0 Å². The Morgan fingerprint density at radius 1 is 0.857 bits per heavy atom. The first-order chi connectivity index (χ1) is 13.4. The van der Waals surface area contributed by atoms with Crippen molar-refractivity contribution in [3.05, 3.63) is 104 Å². The lowest BCUT2D eigenvalue weighted by Gasteiger charge is -2.09. The number of nitrogens with zero attached hydrogens (tertiary/aromatic N) is 1. The second kappa shape index (κ2) is 7.55. The van der Waals surface area contributed by atoms with E-state index in [1.54, 1.807) is 0 Å². The van der Waals surface area contributed by atoms with Gasteiger partial charge in [-0.25, -0.2) is 0 Å². The highest BCUT2D eigenvalue weighted by atomic mass is 127. The fourth-order valence-corrected chi connectivity index (χ4v) is 4.07. The number of ketones is 1. The Balaban J connectivity index is 1.87. The van der Waals surface area contributed by atoms with Gasteiger partial charge in [0.2, 0.25) is 0 Å². The van der Waals surface area contributed by atoms with Crippen LogP contribution in [-0.4, -0.2) is 10.4 Å². The number of rotatable bonds is 4. The van der Waals surface area contributed by atoms with Crippen molar-refractivity contribution in [2.45, 2.75) is 27.3 Å². The summed E-state index contributed by atoms with van der Waals surface area (Å²) in [7, 11) is 0. The molecule has 1 heterocycles. The van der Waals surface area contributed by atoms with Gasteiger partial charge in [-0.2, -0.15) is 0 Å². The summed E-state index contributed by atoms with van der Waals surface area (Å²) < 4.78 is 3.49. The summed E-state index contributed by atoms with van der Waals surface area (Å²) in [5.74, 6) is 0.0921. The minimum atomic E-state index is 0.0921. The lowest BCUT2D eigenvalue weighted by molar-refractivity contribution is 0.103. The number of benzene rings is 3. The molecule has 140 valence electrons. The number of halogens is 1. The van der Waals surface area contributed by atoms with Gasteiger partial charge in [-0.1, -0.05) is 53.6 Å². The maximum absolute atomic E-state index is 13.4. The summed E-state index contributed by atoms with van der Waals surface area (Å²) in [5, 5.41) is 1.04. The molecule has 0 fully saturated rings. The smallest absolute Gasteiger partial charge is 0.195 e. The minimum Gasteiger partial charge on any atom is -0.340 e. The number of aromatic nitrogens is 1. The third-order valence-electron chi connectivity index (χ3n) is 5.27. The normalized spacial score (nSPS) is 11.1. The van der Waals surface area contributed by atoms with Crippen LogP contribution >= 0.6 is 22.6 Å². The summed E-state index contributed by atoms with van der Waals surface area (Å²) >= 11 is 2.32. The van der Waals surface area contributed by atoms with Crippen LogP contribution in [0.5, 0.6) is 0 Å². The van der Waals surface area contributed by atoms with Gasteiger partial charge in [-0.05, 0) is 73.2 Å². The van der Waals surface area contributed by atoms with E-state index >= 15 is 0 Å². The van der Waals surface area contributed by atoms with Crippen LogP contribution in [0.25, 0.3) is 10.9 Å². The number of carbonyl (C=O) groups excluding carboxylic acids is 1. The average Bonchev–Trinajstić information content (AvgIpc) is 2.94. The molecule has 4 rings (SSSR count). The average molecular weight is 479 g/mol. The molecule has 0 aliphatic carbocycles. The molecule has 0 spiro atoms. The van der Waals surface area contributed by atoms with Crippen molar-refractivity contribution < 1.29 is 4.79 Å². The van der Waals surface area contributed by atoms with Gasteiger partial charge >= 0.3 is 0 Å². The maximum atomic E-state index is 13.4. The van der Waals surface area contributed by atoms with Crippen LogP contribution in [0.15, 0.2) is 66.7 Å². The largest absolute Gasteiger partial charge is 0.340 e. The number of hydrogen-bond donors (Lipinski definition) is 0. The molecule has 0 unspecified atom stereocenters. The van der Waals surface area contributed by atoms with E-state index in [1.807, 2.05) is 31.2 Å². The van der Waals surface area contributed by atoms with Crippen LogP contribution in [-0.2, 0) is 6.54 Å². The zero-order chi connectivity index (χ0) is 19.8. The topological polar surface area (TPSA) is 22.0 Å². The third-order valence-corrected chi connectivity index (χ3v) is 5.99. The molecule has 0 bridgehead atoms. The van der Waals surface area contributed by atoms with E-state index < -0.39 is 0 Å². The lowest BCUT2D eigenvalue weighted by atomic mass is 9.99. The molecule has 0 aliphatic rings. The fraction of sp³-hybridized carbons (Fsp3) is 0.160. The second-order valence-corrected chi connectivity index (χ2v) is 8.63. The van der Waals surface area contributed by atoms with E-state index in [9.17, 15) is 4.79 Å². The fourth-order valence-electron chi connectivity index (χ4n) is 3.71. The number of carbonyl (C=O) groups is 1. The zero-order valence-electron chi connectivity index (χ0n) is 16.3. The van der Waals surface area contributed by atoms with E-state index in [2.05, 4.69) is 83.5 Å². The molecule has 3 aromatic carbocycles. The molecule has 4 aromatic rings. The molecular formula is C25H22INO. The van der Waals surface area contributed by atoms with Crippen LogP contribution in [0.4, 0.5) is 0 Å². The van der Waals surface area contributed by atoms with Crippen molar-refractivity contribution in [1.29, 1.82) is 0 Å². The van der Waals surface area contributed by atoms with Gasteiger partial charge in [-0.15, -0.1) is 0 Å². The quantitative estimate of drug-likeness (QED) is 0.244. The molecule has 0 atom stereocenters. The summed E-state index contributed by atoms with van der Waals surface area (Å²) in [6.07, 6.45) is 0. The molecule has 0 N–H and O–H groups in total. The Morgan fingerprint density at radius 2 is 1.50 bits per heavy atom. The van der Waals surface area contributed by atoms with Gasteiger partial charge in [0.15, 0.2) is 5.78 Å². The summed E-state index contributed by atoms with van der Waals surface area (Å²) in [6, 6.07) is 22.8. The number of fused-ring (bicyclic) bond motifs is 1. The molecular weight excluding hydrogens is 457 g/mol. The molecule has 0 radical (unpaired) electrons. The molecule has 3 heteroatoms. The highest BCUT2D eigenvalue weighted by Gasteiger charge is 2.21. The van der Waals surface area contributed by atoms with Crippen LogP contribution in [0, 0.1) is 24.3 Å². The number of aryl methyl sites for hydroxylation is 2. The molecule has 1 aromatic heterocycles. The van der Waals surface area contributed by atoms with Gasteiger partial charge in [0, 0.05) is 32.3 Å². The summed E-state index contributed by atoms with van der Waals surface area (Å²) in [4.78, 5) is 13.4. The zero-order valence-corrected chi connectivity index (χ0v) is 18.4. The first-order valence-corrected chi connectivity index (χ1v) is 10.5. The Labute approximate surface area is 179 Å². The minimum absolute atomic E-state index is 0.0921. The van der Waals surface area contributed by atoms with Gasteiger partial charge in [0.25, 0.3) is 0 Å². The van der Waals surface area contributed by atoms with E-state index in [0.29, 0.717) is 0 Å². The predicted molar refractivity (Wildman–Crippen MR) is 124 cm³/mol. The first-order valence-electron chi connectivity index (χ1n) is 9.39. The van der Waals surface area contributed by atoms with Gasteiger partial charge in [0.05, 0.1) is 5.56 Å². The summed E-state index contributed by atoms with van der Waals surface area (Å²) in [6.45, 7) is 6.92. The third kappa shape index (κ3) is 3.51. The number of hydrogen-bond acceptors (Lipinski definition) is 1. The van der Waals surface area contributed by atoms with E-state index in [0.717, 1.165) is 45.4 Å². The van der Waals surface area contributed by atoms with Gasteiger partial charge in [-0.3, -0.25) is 4.79 Å². The predicted octanol–water partition coefficient (Wildman–Crippen LogP) is 6.45. The van der Waals surface area contributed by atoms with Crippen LogP contribution in [0.2, 0.25) is 0 Å². The van der Waals surface area contributed by atoms with Gasteiger partial charge in [0.1, 0.15) is 0 Å². The van der Waals surface area contributed by atoms with Gasteiger partial charge < -0.3 is 4.57 Å². The first kappa shape index (κ1) is 18.9. The monoisotopic (exact) mass is 479 g/mol. The van der Waals surface area contributed by atoms with E-state index in [4.69, 9.17) is 0 Å². The molecule has 28 heavy (non-hydrogen) atoms. The lowest BCUT2D eigenvalue weighted by Crippen LogP contribution is -2.06. The standard InChI is InChI=1S/C25H22INO/c1-16-4-9-20(10-5-16)25(28)24-18(3)27(15-19-7-11-21(26)12-8-19)23-13-6-17(2)14-22(23)24/h4-14H,15H2,1-3H3.